The maximum Gasteiger partial charge on any atom is 0.241 e. The molecule has 4 heteroatoms. The van der Waals surface area contributed by atoms with Gasteiger partial charge in [-0.2, -0.15) is 0 Å². The van der Waals surface area contributed by atoms with E-state index in [0.29, 0.717) is 13.1 Å². The maximum absolute atomic E-state index is 12.9. The van der Waals surface area contributed by atoms with E-state index in [1.54, 1.807) is 7.11 Å². The van der Waals surface area contributed by atoms with Crippen LogP contribution in [0, 0.1) is 0 Å². The Hall–Kier alpha value is -3.11. The topological polar surface area (TPSA) is 41.6 Å². The van der Waals surface area contributed by atoms with Gasteiger partial charge >= 0.3 is 0 Å². The summed E-state index contributed by atoms with van der Waals surface area (Å²) in [6.07, 6.45) is 0.842. The minimum Gasteiger partial charge on any atom is -0.497 e. The number of hydrogen-bond donors (Lipinski definition) is 1. The number of ether oxygens (including phenoxy) is 1. The number of amides is 1. The van der Waals surface area contributed by atoms with Gasteiger partial charge in [0.25, 0.3) is 0 Å². The van der Waals surface area contributed by atoms with Gasteiger partial charge in [-0.05, 0) is 48.4 Å². The molecule has 0 aromatic heterocycles. The maximum atomic E-state index is 12.9. The minimum absolute atomic E-state index is 0.0562. The van der Waals surface area contributed by atoms with E-state index in [4.69, 9.17) is 4.74 Å². The Morgan fingerprint density at radius 2 is 1.57 bits per heavy atom. The van der Waals surface area contributed by atoms with Crippen LogP contribution in [0.4, 0.5) is 5.69 Å². The van der Waals surface area contributed by atoms with Crippen LogP contribution in [0.1, 0.15) is 11.1 Å². The van der Waals surface area contributed by atoms with Crippen molar-refractivity contribution in [2.75, 3.05) is 25.1 Å². The van der Waals surface area contributed by atoms with Gasteiger partial charge in [0.05, 0.1) is 20.2 Å². The van der Waals surface area contributed by atoms with Crippen LogP contribution >= 0.6 is 0 Å². The molecule has 144 valence electrons. The van der Waals surface area contributed by atoms with Gasteiger partial charge < -0.3 is 15.0 Å². The van der Waals surface area contributed by atoms with Gasteiger partial charge in [0.1, 0.15) is 5.75 Å². The van der Waals surface area contributed by atoms with Crippen molar-refractivity contribution in [2.45, 2.75) is 13.0 Å². The number of benzene rings is 3. The van der Waals surface area contributed by atoms with Gasteiger partial charge in [-0.3, -0.25) is 4.79 Å². The van der Waals surface area contributed by atoms with Gasteiger partial charge in [-0.25, -0.2) is 0 Å². The van der Waals surface area contributed by atoms with Crippen LogP contribution in [-0.4, -0.2) is 26.1 Å². The van der Waals surface area contributed by atoms with E-state index in [9.17, 15) is 4.79 Å². The molecule has 1 N–H and O–H groups in total. The molecule has 0 saturated carbocycles. The van der Waals surface area contributed by atoms with E-state index < -0.39 is 0 Å². The minimum atomic E-state index is 0.0562. The molecule has 1 amide bonds. The third-order valence-electron chi connectivity index (χ3n) is 4.55. The van der Waals surface area contributed by atoms with Crippen LogP contribution < -0.4 is 15.0 Å². The van der Waals surface area contributed by atoms with Gasteiger partial charge in [-0.15, -0.1) is 0 Å². The molecule has 4 nitrogen and oxygen atoms in total. The predicted molar refractivity (Wildman–Crippen MR) is 114 cm³/mol. The van der Waals surface area contributed by atoms with E-state index >= 15 is 0 Å². The molecule has 0 aliphatic rings. The molecule has 0 radical (unpaired) electrons. The van der Waals surface area contributed by atoms with Gasteiger partial charge in [0.15, 0.2) is 0 Å². The number of carbonyl (C=O) groups excluding carboxylic acids is 1. The summed E-state index contributed by atoms with van der Waals surface area (Å²) in [5, 5.41) is 3.28. The van der Waals surface area contributed by atoms with E-state index in [2.05, 4.69) is 11.4 Å². The Morgan fingerprint density at radius 3 is 2.29 bits per heavy atom. The first kappa shape index (κ1) is 19.6. The number of rotatable bonds is 9. The van der Waals surface area contributed by atoms with Crippen molar-refractivity contribution in [3.63, 3.8) is 0 Å². The zero-order valence-electron chi connectivity index (χ0n) is 16.2. The third kappa shape index (κ3) is 5.69. The van der Waals surface area contributed by atoms with Crippen LogP contribution in [0.3, 0.4) is 0 Å². The number of para-hydroxylation sites is 1. The summed E-state index contributed by atoms with van der Waals surface area (Å²) in [5.74, 6) is 0.910. The Labute approximate surface area is 166 Å². The first-order valence-electron chi connectivity index (χ1n) is 9.49. The van der Waals surface area contributed by atoms with Crippen LogP contribution in [0.2, 0.25) is 0 Å². The molecule has 0 fully saturated rings. The number of methoxy groups -OCH3 is 1. The van der Waals surface area contributed by atoms with E-state index in [-0.39, 0.29) is 5.91 Å². The van der Waals surface area contributed by atoms with Crippen LogP contribution in [-0.2, 0) is 17.8 Å². The molecular weight excluding hydrogens is 348 g/mol. The fraction of sp³-hybridized carbons (Fsp3) is 0.208. The first-order chi connectivity index (χ1) is 13.8. The van der Waals surface area contributed by atoms with Crippen molar-refractivity contribution in [3.8, 4) is 5.75 Å². The van der Waals surface area contributed by atoms with Crippen molar-refractivity contribution in [1.82, 2.24) is 5.32 Å². The lowest BCUT2D eigenvalue weighted by Crippen LogP contribution is -2.38. The van der Waals surface area contributed by atoms with Crippen molar-refractivity contribution in [2.24, 2.45) is 0 Å². The number of anilines is 1. The Kier molecular flexibility index (Phi) is 7.21. The lowest BCUT2D eigenvalue weighted by molar-refractivity contribution is -0.117. The fourth-order valence-electron chi connectivity index (χ4n) is 3.05. The quantitative estimate of drug-likeness (QED) is 0.574. The Balaban J connectivity index is 1.58. The van der Waals surface area contributed by atoms with Crippen molar-refractivity contribution >= 4 is 11.6 Å². The Morgan fingerprint density at radius 1 is 0.893 bits per heavy atom. The highest BCUT2D eigenvalue weighted by molar-refractivity contribution is 5.94. The third-order valence-corrected chi connectivity index (χ3v) is 4.55. The first-order valence-corrected chi connectivity index (χ1v) is 9.49. The van der Waals surface area contributed by atoms with E-state index in [0.717, 1.165) is 30.0 Å². The average Bonchev–Trinajstić information content (AvgIpc) is 2.76. The smallest absolute Gasteiger partial charge is 0.241 e. The molecule has 28 heavy (non-hydrogen) atoms. The zero-order chi connectivity index (χ0) is 19.6. The van der Waals surface area contributed by atoms with E-state index in [1.807, 2.05) is 83.8 Å². The van der Waals surface area contributed by atoms with Crippen molar-refractivity contribution in [1.29, 1.82) is 0 Å². The molecular formula is C24H26N2O2. The number of nitrogens with one attached hydrogen (secondary N) is 1. The Bertz CT molecular complexity index is 866. The van der Waals surface area contributed by atoms with Crippen molar-refractivity contribution < 1.29 is 9.53 Å². The molecule has 0 saturated heterocycles. The predicted octanol–water partition coefficient (Wildman–Crippen LogP) is 4.06. The number of carbonyl (C=O) groups is 1. The van der Waals surface area contributed by atoms with Gasteiger partial charge in [0, 0.05) is 5.69 Å². The molecule has 3 aromatic rings. The lowest BCUT2D eigenvalue weighted by Gasteiger charge is -2.23. The second-order valence-corrected chi connectivity index (χ2v) is 6.58. The molecule has 0 aliphatic heterocycles. The number of nitrogens with zero attached hydrogens (tertiary/aromatic N) is 1. The van der Waals surface area contributed by atoms with Gasteiger partial charge in [-0.1, -0.05) is 60.7 Å². The summed E-state index contributed by atoms with van der Waals surface area (Å²) < 4.78 is 5.26. The highest BCUT2D eigenvalue weighted by atomic mass is 16.5. The monoisotopic (exact) mass is 374 g/mol. The summed E-state index contributed by atoms with van der Waals surface area (Å²) in [7, 11) is 1.67. The summed E-state index contributed by atoms with van der Waals surface area (Å²) in [5.41, 5.74) is 3.20. The lowest BCUT2D eigenvalue weighted by atomic mass is 10.1. The second kappa shape index (κ2) is 10.3. The van der Waals surface area contributed by atoms with Crippen LogP contribution in [0.15, 0.2) is 84.9 Å². The van der Waals surface area contributed by atoms with E-state index in [1.165, 1.54) is 5.56 Å². The molecule has 3 aromatic carbocycles. The standard InChI is InChI=1S/C24H26N2O2/c1-28-23-14-8-11-20(17-23)15-16-25-18-24(27)26(22-12-6-3-7-13-22)19-21-9-4-2-5-10-21/h2-14,17,25H,15-16,18-19H2,1H3. The van der Waals surface area contributed by atoms with Crippen LogP contribution in [0.5, 0.6) is 5.75 Å². The highest BCUT2D eigenvalue weighted by Crippen LogP contribution is 2.17. The SMILES string of the molecule is COc1cccc(CCNCC(=O)N(Cc2ccccc2)c2ccccc2)c1. The molecule has 0 aliphatic carbocycles. The molecule has 0 unspecified atom stereocenters. The largest absolute Gasteiger partial charge is 0.497 e. The van der Waals surface area contributed by atoms with Crippen LogP contribution in [0.25, 0.3) is 0 Å². The molecule has 0 spiro atoms. The zero-order valence-corrected chi connectivity index (χ0v) is 16.2. The highest BCUT2D eigenvalue weighted by Gasteiger charge is 2.15. The fourth-order valence-corrected chi connectivity index (χ4v) is 3.05. The molecule has 3 rings (SSSR count). The summed E-state index contributed by atoms with van der Waals surface area (Å²) in [4.78, 5) is 14.7. The number of hydrogen-bond acceptors (Lipinski definition) is 3. The molecule has 0 heterocycles. The summed E-state index contributed by atoms with van der Waals surface area (Å²) in [6.45, 7) is 1.58. The van der Waals surface area contributed by atoms with Crippen molar-refractivity contribution in [3.05, 3.63) is 96.1 Å². The summed E-state index contributed by atoms with van der Waals surface area (Å²) in [6, 6.07) is 27.9. The molecule has 0 atom stereocenters. The molecule has 0 bridgehead atoms. The summed E-state index contributed by atoms with van der Waals surface area (Å²) >= 11 is 0. The second-order valence-electron chi connectivity index (χ2n) is 6.58. The normalized spacial score (nSPS) is 10.5. The average molecular weight is 374 g/mol. The van der Waals surface area contributed by atoms with Gasteiger partial charge in [0.2, 0.25) is 5.91 Å².